The van der Waals surface area contributed by atoms with Gasteiger partial charge in [0.2, 0.25) is 0 Å². The minimum atomic E-state index is 0.0532. The molecule has 0 radical (unpaired) electrons. The molecule has 0 aliphatic heterocycles. The van der Waals surface area contributed by atoms with Gasteiger partial charge in [-0.25, -0.2) is 0 Å². The van der Waals surface area contributed by atoms with Crippen molar-refractivity contribution in [3.63, 3.8) is 0 Å². The Balaban J connectivity index is 2.27. The van der Waals surface area contributed by atoms with E-state index < -0.39 is 0 Å². The molecule has 19 heavy (non-hydrogen) atoms. The van der Waals surface area contributed by atoms with Crippen molar-refractivity contribution >= 4 is 5.69 Å². The minimum Gasteiger partial charge on any atom is -0.508 e. The second kappa shape index (κ2) is 6.14. The summed E-state index contributed by atoms with van der Waals surface area (Å²) < 4.78 is 5.33. The predicted molar refractivity (Wildman–Crippen MR) is 77.8 cm³/mol. The van der Waals surface area contributed by atoms with Crippen LogP contribution in [0.15, 0.2) is 48.5 Å². The largest absolute Gasteiger partial charge is 0.508 e. The number of benzene rings is 2. The zero-order chi connectivity index (χ0) is 13.7. The van der Waals surface area contributed by atoms with Crippen LogP contribution in [0.4, 0.5) is 5.69 Å². The summed E-state index contributed by atoms with van der Waals surface area (Å²) in [6, 6.07) is 15.2. The number of hydrogen-bond donors (Lipinski definition) is 2. The molecule has 0 aliphatic rings. The number of anilines is 1. The van der Waals surface area contributed by atoms with Crippen LogP contribution in [-0.4, -0.2) is 12.2 Å². The van der Waals surface area contributed by atoms with Gasteiger partial charge in [-0.05, 0) is 24.6 Å². The number of aromatic hydroxyl groups is 1. The first-order valence-electron chi connectivity index (χ1n) is 6.43. The van der Waals surface area contributed by atoms with Crippen LogP contribution in [-0.2, 0) is 0 Å². The summed E-state index contributed by atoms with van der Waals surface area (Å²) in [6.07, 6.45) is 0.871. The molecule has 1 atom stereocenters. The number of phenols is 1. The Labute approximate surface area is 113 Å². The van der Waals surface area contributed by atoms with Crippen LogP contribution in [0.25, 0.3) is 0 Å². The SMILES string of the molecule is CCC(Nc1ccccc1OC)c1ccccc1O. The fraction of sp³-hybridized carbons (Fsp3) is 0.250. The molecule has 2 rings (SSSR count). The van der Waals surface area contributed by atoms with Crippen LogP contribution in [0, 0.1) is 0 Å². The first kappa shape index (κ1) is 13.3. The van der Waals surface area contributed by atoms with E-state index in [2.05, 4.69) is 12.2 Å². The second-order valence-corrected chi connectivity index (χ2v) is 4.36. The highest BCUT2D eigenvalue weighted by atomic mass is 16.5. The molecule has 0 bridgehead atoms. The van der Waals surface area contributed by atoms with Crippen LogP contribution in [0.3, 0.4) is 0 Å². The lowest BCUT2D eigenvalue weighted by Crippen LogP contribution is -2.10. The fourth-order valence-corrected chi connectivity index (χ4v) is 2.13. The van der Waals surface area contributed by atoms with Gasteiger partial charge >= 0.3 is 0 Å². The van der Waals surface area contributed by atoms with Gasteiger partial charge in [-0.2, -0.15) is 0 Å². The molecule has 0 aromatic heterocycles. The molecule has 100 valence electrons. The Morgan fingerprint density at radius 2 is 1.79 bits per heavy atom. The van der Waals surface area contributed by atoms with Gasteiger partial charge in [0.15, 0.2) is 0 Å². The molecular weight excluding hydrogens is 238 g/mol. The molecule has 2 N–H and O–H groups in total. The number of hydrogen-bond acceptors (Lipinski definition) is 3. The van der Waals surface area contributed by atoms with E-state index >= 15 is 0 Å². The number of para-hydroxylation sites is 3. The number of nitrogens with one attached hydrogen (secondary N) is 1. The monoisotopic (exact) mass is 257 g/mol. The fourth-order valence-electron chi connectivity index (χ4n) is 2.13. The van der Waals surface area contributed by atoms with Crippen molar-refractivity contribution in [2.45, 2.75) is 19.4 Å². The predicted octanol–water partition coefficient (Wildman–Crippen LogP) is 3.96. The van der Waals surface area contributed by atoms with Gasteiger partial charge in [-0.3, -0.25) is 0 Å². The molecule has 0 fully saturated rings. The van der Waals surface area contributed by atoms with Crippen LogP contribution in [0.1, 0.15) is 24.9 Å². The van der Waals surface area contributed by atoms with Crippen molar-refractivity contribution in [3.05, 3.63) is 54.1 Å². The molecule has 2 aromatic rings. The van der Waals surface area contributed by atoms with Gasteiger partial charge < -0.3 is 15.2 Å². The highest BCUT2D eigenvalue weighted by Crippen LogP contribution is 2.32. The Bertz CT molecular complexity index is 540. The van der Waals surface area contributed by atoms with Gasteiger partial charge in [0.05, 0.1) is 18.8 Å². The van der Waals surface area contributed by atoms with E-state index in [9.17, 15) is 5.11 Å². The first-order chi connectivity index (χ1) is 9.26. The van der Waals surface area contributed by atoms with E-state index in [1.165, 1.54) is 0 Å². The highest BCUT2D eigenvalue weighted by molar-refractivity contribution is 5.58. The number of methoxy groups -OCH3 is 1. The molecule has 2 aromatic carbocycles. The third-order valence-electron chi connectivity index (χ3n) is 3.16. The summed E-state index contributed by atoms with van der Waals surface area (Å²) >= 11 is 0. The lowest BCUT2D eigenvalue weighted by Gasteiger charge is -2.21. The van der Waals surface area contributed by atoms with Crippen molar-refractivity contribution in [2.24, 2.45) is 0 Å². The van der Waals surface area contributed by atoms with Gasteiger partial charge in [0.1, 0.15) is 11.5 Å². The molecule has 3 heteroatoms. The van der Waals surface area contributed by atoms with E-state index in [1.807, 2.05) is 42.5 Å². The van der Waals surface area contributed by atoms with Crippen molar-refractivity contribution in [1.82, 2.24) is 0 Å². The second-order valence-electron chi connectivity index (χ2n) is 4.36. The van der Waals surface area contributed by atoms with E-state index in [1.54, 1.807) is 13.2 Å². The van der Waals surface area contributed by atoms with Crippen LogP contribution in [0.2, 0.25) is 0 Å². The average Bonchev–Trinajstić information content (AvgIpc) is 2.46. The summed E-state index contributed by atoms with van der Waals surface area (Å²) in [4.78, 5) is 0. The lowest BCUT2D eigenvalue weighted by molar-refractivity contribution is 0.415. The van der Waals surface area contributed by atoms with Gasteiger partial charge in [-0.15, -0.1) is 0 Å². The number of phenolic OH excluding ortho intramolecular Hbond substituents is 1. The molecule has 0 amide bonds. The van der Waals surface area contributed by atoms with E-state index in [0.29, 0.717) is 5.75 Å². The molecule has 3 nitrogen and oxygen atoms in total. The summed E-state index contributed by atoms with van der Waals surface area (Å²) in [6.45, 7) is 2.08. The molecular formula is C16H19NO2. The molecule has 0 heterocycles. The zero-order valence-electron chi connectivity index (χ0n) is 11.3. The van der Waals surface area contributed by atoms with Crippen LogP contribution >= 0.6 is 0 Å². The standard InChI is InChI=1S/C16H19NO2/c1-3-13(12-8-4-6-10-15(12)18)17-14-9-5-7-11-16(14)19-2/h4-11,13,17-18H,3H2,1-2H3. The van der Waals surface area contributed by atoms with Crippen molar-refractivity contribution in [2.75, 3.05) is 12.4 Å². The summed E-state index contributed by atoms with van der Waals surface area (Å²) in [7, 11) is 1.65. The van der Waals surface area contributed by atoms with Gasteiger partial charge in [-0.1, -0.05) is 37.3 Å². The first-order valence-corrected chi connectivity index (χ1v) is 6.43. The molecule has 0 saturated carbocycles. The molecule has 0 spiro atoms. The highest BCUT2D eigenvalue weighted by Gasteiger charge is 2.14. The third kappa shape index (κ3) is 2.99. The van der Waals surface area contributed by atoms with E-state index in [4.69, 9.17) is 4.74 Å². The number of ether oxygens (including phenoxy) is 1. The molecule has 0 saturated heterocycles. The Morgan fingerprint density at radius 3 is 2.47 bits per heavy atom. The molecule has 0 aliphatic carbocycles. The third-order valence-corrected chi connectivity index (χ3v) is 3.16. The van der Waals surface area contributed by atoms with Gasteiger partial charge in [0, 0.05) is 5.56 Å². The van der Waals surface area contributed by atoms with Crippen LogP contribution < -0.4 is 10.1 Å². The maximum atomic E-state index is 9.95. The topological polar surface area (TPSA) is 41.5 Å². The smallest absolute Gasteiger partial charge is 0.141 e. The van der Waals surface area contributed by atoms with Crippen LogP contribution in [0.5, 0.6) is 11.5 Å². The lowest BCUT2D eigenvalue weighted by atomic mass is 10.0. The summed E-state index contributed by atoms with van der Waals surface area (Å²) in [5, 5.41) is 13.4. The normalized spacial score (nSPS) is 11.9. The van der Waals surface area contributed by atoms with Crippen molar-refractivity contribution in [1.29, 1.82) is 0 Å². The maximum Gasteiger partial charge on any atom is 0.141 e. The Kier molecular flexibility index (Phi) is 4.29. The van der Waals surface area contributed by atoms with Crippen molar-refractivity contribution in [3.8, 4) is 11.5 Å². The summed E-state index contributed by atoms with van der Waals surface area (Å²) in [5.74, 6) is 1.12. The quantitative estimate of drug-likeness (QED) is 0.851. The average molecular weight is 257 g/mol. The zero-order valence-corrected chi connectivity index (χ0v) is 11.3. The van der Waals surface area contributed by atoms with Crippen molar-refractivity contribution < 1.29 is 9.84 Å². The molecule has 1 unspecified atom stereocenters. The van der Waals surface area contributed by atoms with Gasteiger partial charge in [0.25, 0.3) is 0 Å². The maximum absolute atomic E-state index is 9.95. The Morgan fingerprint density at radius 1 is 1.11 bits per heavy atom. The van der Waals surface area contributed by atoms with E-state index in [-0.39, 0.29) is 6.04 Å². The number of rotatable bonds is 5. The minimum absolute atomic E-state index is 0.0532. The Hall–Kier alpha value is -2.16. The summed E-state index contributed by atoms with van der Waals surface area (Å²) in [5.41, 5.74) is 1.83. The van der Waals surface area contributed by atoms with E-state index in [0.717, 1.165) is 23.4 Å².